The molecule has 6 heteroatoms. The summed E-state index contributed by atoms with van der Waals surface area (Å²) in [6, 6.07) is 8.15. The largest absolute Gasteiger partial charge is 0.326 e. The summed E-state index contributed by atoms with van der Waals surface area (Å²) in [6.07, 6.45) is 0.776. The Kier molecular flexibility index (Phi) is 3.68. The Balaban J connectivity index is 2.11. The zero-order valence-electron chi connectivity index (χ0n) is 10.2. The van der Waals surface area contributed by atoms with Crippen molar-refractivity contribution in [3.05, 3.63) is 30.3 Å². The van der Waals surface area contributed by atoms with Gasteiger partial charge < -0.3 is 4.90 Å². The van der Waals surface area contributed by atoms with Crippen LogP contribution in [0.3, 0.4) is 0 Å². The number of nitrogens with one attached hydrogen (secondary N) is 1. The first kappa shape index (κ1) is 13.0. The Labute approximate surface area is 107 Å². The number of amides is 1. The minimum atomic E-state index is -3.56. The molecular weight excluding hydrogens is 252 g/mol. The number of rotatable bonds is 4. The van der Waals surface area contributed by atoms with Crippen molar-refractivity contribution in [1.82, 2.24) is 9.62 Å². The molecule has 1 N–H and O–H groups in total. The molecule has 5 nitrogen and oxygen atoms in total. The molecule has 0 spiro atoms. The normalized spacial score (nSPS) is 18.1. The highest BCUT2D eigenvalue weighted by Crippen LogP contribution is 2.14. The highest BCUT2D eigenvalue weighted by atomic mass is 32.2. The van der Waals surface area contributed by atoms with E-state index in [1.807, 2.05) is 0 Å². The summed E-state index contributed by atoms with van der Waals surface area (Å²) < 4.78 is 26.6. The second-order valence-corrected chi connectivity index (χ2v) is 6.01. The van der Waals surface area contributed by atoms with Crippen molar-refractivity contribution in [2.24, 2.45) is 0 Å². The van der Waals surface area contributed by atoms with Crippen LogP contribution in [0.25, 0.3) is 0 Å². The fraction of sp³-hybridized carbons (Fsp3) is 0.417. The van der Waals surface area contributed by atoms with Gasteiger partial charge in [0.2, 0.25) is 15.9 Å². The number of likely N-dealkylation sites (tertiary alicyclic amines) is 1. The molecule has 98 valence electrons. The average Bonchev–Trinajstić information content (AvgIpc) is 2.76. The number of nitrogens with zero attached hydrogens (tertiary/aromatic N) is 1. The maximum Gasteiger partial charge on any atom is 0.242 e. The van der Waals surface area contributed by atoms with E-state index >= 15 is 0 Å². The molecule has 1 aliphatic rings. The molecule has 18 heavy (non-hydrogen) atoms. The van der Waals surface area contributed by atoms with Gasteiger partial charge in [-0.25, -0.2) is 8.42 Å². The van der Waals surface area contributed by atoms with E-state index in [9.17, 15) is 13.2 Å². The molecule has 1 fully saturated rings. The van der Waals surface area contributed by atoms with E-state index in [2.05, 4.69) is 4.72 Å². The van der Waals surface area contributed by atoms with Crippen molar-refractivity contribution in [1.29, 1.82) is 0 Å². The van der Waals surface area contributed by atoms with Crippen LogP contribution in [0, 0.1) is 0 Å². The van der Waals surface area contributed by atoms with Crippen LogP contribution in [0.15, 0.2) is 35.2 Å². The molecule has 0 radical (unpaired) electrons. The highest BCUT2D eigenvalue weighted by molar-refractivity contribution is 7.89. The van der Waals surface area contributed by atoms with Crippen molar-refractivity contribution in [3.8, 4) is 0 Å². The molecule has 0 aliphatic carbocycles. The summed E-state index contributed by atoms with van der Waals surface area (Å²) >= 11 is 0. The van der Waals surface area contributed by atoms with E-state index in [0.29, 0.717) is 13.0 Å². The Morgan fingerprint density at radius 1 is 1.28 bits per heavy atom. The molecule has 1 amide bonds. The highest BCUT2D eigenvalue weighted by Gasteiger charge is 2.28. The van der Waals surface area contributed by atoms with Crippen molar-refractivity contribution >= 4 is 15.9 Å². The van der Waals surface area contributed by atoms with Gasteiger partial charge in [0.05, 0.1) is 11.1 Å². The molecule has 1 heterocycles. The average molecular weight is 268 g/mol. The number of benzene rings is 1. The van der Waals surface area contributed by atoms with Crippen molar-refractivity contribution in [2.75, 3.05) is 6.54 Å². The first-order valence-electron chi connectivity index (χ1n) is 5.87. The first-order chi connectivity index (χ1) is 8.50. The van der Waals surface area contributed by atoms with Crippen LogP contribution in [0.2, 0.25) is 0 Å². The van der Waals surface area contributed by atoms with Crippen molar-refractivity contribution in [3.63, 3.8) is 0 Å². The van der Waals surface area contributed by atoms with Gasteiger partial charge in [-0.3, -0.25) is 4.79 Å². The molecule has 1 aromatic rings. The number of sulfonamides is 1. The molecule has 0 saturated carbocycles. The molecule has 1 aromatic carbocycles. The van der Waals surface area contributed by atoms with Crippen LogP contribution >= 0.6 is 0 Å². The fourth-order valence-corrected chi connectivity index (χ4v) is 3.26. The van der Waals surface area contributed by atoms with E-state index < -0.39 is 16.2 Å². The molecule has 0 bridgehead atoms. The minimum Gasteiger partial charge on any atom is -0.326 e. The van der Waals surface area contributed by atoms with Gasteiger partial charge in [-0.2, -0.15) is 4.72 Å². The molecule has 0 aromatic heterocycles. The maximum absolute atomic E-state index is 12.1. The molecule has 1 saturated heterocycles. The van der Waals surface area contributed by atoms with Crippen LogP contribution in [0.4, 0.5) is 0 Å². The Hall–Kier alpha value is -1.40. The topological polar surface area (TPSA) is 66.5 Å². The van der Waals surface area contributed by atoms with E-state index in [-0.39, 0.29) is 10.8 Å². The third-order valence-corrected chi connectivity index (χ3v) is 4.50. The number of carbonyl (C=O) groups is 1. The lowest BCUT2D eigenvalue weighted by atomic mass is 10.4. The van der Waals surface area contributed by atoms with Gasteiger partial charge in [-0.1, -0.05) is 18.2 Å². The van der Waals surface area contributed by atoms with E-state index in [1.54, 1.807) is 30.0 Å². The summed E-state index contributed by atoms with van der Waals surface area (Å²) in [7, 11) is -3.56. The fourth-order valence-electron chi connectivity index (χ4n) is 2.03. The van der Waals surface area contributed by atoms with E-state index in [0.717, 1.165) is 6.42 Å². The lowest BCUT2D eigenvalue weighted by molar-refractivity contribution is -0.129. The lowest BCUT2D eigenvalue weighted by Crippen LogP contribution is -2.46. The minimum absolute atomic E-state index is 0.00161. The van der Waals surface area contributed by atoms with Gasteiger partial charge in [0.1, 0.15) is 0 Å². The van der Waals surface area contributed by atoms with Crippen LogP contribution in [-0.4, -0.2) is 31.9 Å². The van der Waals surface area contributed by atoms with Crippen LogP contribution in [0.1, 0.15) is 19.8 Å². The lowest BCUT2D eigenvalue weighted by Gasteiger charge is -2.24. The Morgan fingerprint density at radius 2 is 1.94 bits per heavy atom. The predicted octanol–water partition coefficient (Wildman–Crippen LogP) is 0.933. The number of carbonyl (C=O) groups excluding carboxylic acids is 1. The molecule has 1 aliphatic heterocycles. The zero-order chi connectivity index (χ0) is 13.2. The van der Waals surface area contributed by atoms with Gasteiger partial charge >= 0.3 is 0 Å². The van der Waals surface area contributed by atoms with E-state index in [1.165, 1.54) is 12.1 Å². The molecular formula is C12H16N2O3S. The second kappa shape index (κ2) is 5.07. The second-order valence-electron chi connectivity index (χ2n) is 4.30. The Morgan fingerprint density at radius 3 is 2.50 bits per heavy atom. The van der Waals surface area contributed by atoms with Crippen LogP contribution in [0.5, 0.6) is 0 Å². The Bertz CT molecular complexity index is 528. The summed E-state index contributed by atoms with van der Waals surface area (Å²) in [5, 5.41) is 0. The van der Waals surface area contributed by atoms with Gasteiger partial charge in [-0.15, -0.1) is 0 Å². The summed E-state index contributed by atoms with van der Waals surface area (Å²) in [5.41, 5.74) is 0. The smallest absolute Gasteiger partial charge is 0.242 e. The van der Waals surface area contributed by atoms with Gasteiger partial charge in [-0.05, 0) is 25.5 Å². The summed E-state index contributed by atoms with van der Waals surface area (Å²) in [5.74, 6) is -0.00161. The molecule has 2 rings (SSSR count). The number of hydrogen-bond donors (Lipinski definition) is 1. The monoisotopic (exact) mass is 268 g/mol. The van der Waals surface area contributed by atoms with Crippen LogP contribution in [-0.2, 0) is 14.8 Å². The predicted molar refractivity (Wildman–Crippen MR) is 67.2 cm³/mol. The SMILES string of the molecule is CC(NS(=O)(=O)c1ccccc1)N1CCCC1=O. The van der Waals surface area contributed by atoms with Crippen molar-refractivity contribution in [2.45, 2.75) is 30.8 Å². The van der Waals surface area contributed by atoms with Gasteiger partial charge in [0.15, 0.2) is 0 Å². The zero-order valence-corrected chi connectivity index (χ0v) is 11.0. The summed E-state index contributed by atoms with van der Waals surface area (Å²) in [4.78, 5) is 13.3. The standard InChI is InChI=1S/C12H16N2O3S/c1-10(14-9-5-8-12(14)15)13-18(16,17)11-6-3-2-4-7-11/h2-4,6-7,10,13H,5,8-9H2,1H3. The quantitative estimate of drug-likeness (QED) is 0.883. The third-order valence-electron chi connectivity index (χ3n) is 2.96. The summed E-state index contributed by atoms with van der Waals surface area (Å²) in [6.45, 7) is 2.29. The van der Waals surface area contributed by atoms with Gasteiger partial charge in [0, 0.05) is 13.0 Å². The van der Waals surface area contributed by atoms with Crippen LogP contribution < -0.4 is 4.72 Å². The number of hydrogen-bond acceptors (Lipinski definition) is 3. The third kappa shape index (κ3) is 2.70. The van der Waals surface area contributed by atoms with Crippen molar-refractivity contribution < 1.29 is 13.2 Å². The maximum atomic E-state index is 12.1. The molecule has 1 atom stereocenters. The van der Waals surface area contributed by atoms with E-state index in [4.69, 9.17) is 0 Å². The molecule has 1 unspecified atom stereocenters. The van der Waals surface area contributed by atoms with Gasteiger partial charge in [0.25, 0.3) is 0 Å². The first-order valence-corrected chi connectivity index (χ1v) is 7.36.